The Morgan fingerprint density at radius 1 is 1.18 bits per heavy atom. The first-order chi connectivity index (χ1) is 9.83. The summed E-state index contributed by atoms with van der Waals surface area (Å²) in [4.78, 5) is 0. The van der Waals surface area contributed by atoms with Gasteiger partial charge in [0.15, 0.2) is 8.32 Å². The van der Waals surface area contributed by atoms with Crippen LogP contribution in [0.2, 0.25) is 18.1 Å². The predicted molar refractivity (Wildman–Crippen MR) is 101 cm³/mol. The standard InChI is InChI=1S/C19H38O2Si/c1-11-15(4)18(21-22(9,10)19(6,7)8)16(5)17(20)13-12-14(2)3/h11-12,16-18,20H,13H2,1-10H3/b15-11+/t16-,17-,18+/m0/s1. The van der Waals surface area contributed by atoms with E-state index < -0.39 is 8.32 Å². The molecule has 0 heterocycles. The zero-order valence-electron chi connectivity index (χ0n) is 16.4. The Hall–Kier alpha value is -0.383. The molecule has 0 saturated heterocycles. The molecule has 3 atom stereocenters. The summed E-state index contributed by atoms with van der Waals surface area (Å²) < 4.78 is 6.63. The molecule has 0 radical (unpaired) electrons. The van der Waals surface area contributed by atoms with Gasteiger partial charge in [-0.15, -0.1) is 0 Å². The quantitative estimate of drug-likeness (QED) is 0.480. The maximum absolute atomic E-state index is 10.5. The zero-order chi connectivity index (χ0) is 17.7. The van der Waals surface area contributed by atoms with E-state index in [1.807, 2.05) is 6.92 Å². The average molecular weight is 327 g/mol. The highest BCUT2D eigenvalue weighted by molar-refractivity contribution is 6.74. The Morgan fingerprint density at radius 3 is 2.05 bits per heavy atom. The van der Waals surface area contributed by atoms with Crippen molar-refractivity contribution in [3.8, 4) is 0 Å². The van der Waals surface area contributed by atoms with Gasteiger partial charge in [0.05, 0.1) is 12.2 Å². The van der Waals surface area contributed by atoms with Crippen LogP contribution in [0.4, 0.5) is 0 Å². The highest BCUT2D eigenvalue weighted by Crippen LogP contribution is 2.39. The summed E-state index contributed by atoms with van der Waals surface area (Å²) in [7, 11) is -1.87. The molecule has 0 unspecified atom stereocenters. The molecule has 0 aromatic carbocycles. The molecule has 0 aliphatic heterocycles. The summed E-state index contributed by atoms with van der Waals surface area (Å²) in [5.74, 6) is 0.0842. The zero-order valence-corrected chi connectivity index (χ0v) is 17.4. The van der Waals surface area contributed by atoms with E-state index in [4.69, 9.17) is 4.43 Å². The first-order valence-electron chi connectivity index (χ1n) is 8.45. The molecule has 0 fully saturated rings. The van der Waals surface area contributed by atoms with E-state index in [1.54, 1.807) is 0 Å². The van der Waals surface area contributed by atoms with Crippen LogP contribution in [-0.4, -0.2) is 25.6 Å². The second-order valence-electron chi connectivity index (χ2n) is 8.28. The summed E-state index contributed by atoms with van der Waals surface area (Å²) in [6.07, 6.45) is 4.53. The van der Waals surface area contributed by atoms with Gasteiger partial charge >= 0.3 is 0 Å². The number of hydrogen-bond acceptors (Lipinski definition) is 2. The topological polar surface area (TPSA) is 29.5 Å². The second kappa shape index (κ2) is 8.46. The molecule has 0 aliphatic carbocycles. The third-order valence-electron chi connectivity index (χ3n) is 4.98. The molecular weight excluding hydrogens is 288 g/mol. The minimum atomic E-state index is -1.87. The maximum Gasteiger partial charge on any atom is 0.192 e. The van der Waals surface area contributed by atoms with Gasteiger partial charge in [-0.2, -0.15) is 0 Å². The highest BCUT2D eigenvalue weighted by Gasteiger charge is 2.41. The van der Waals surface area contributed by atoms with Crippen molar-refractivity contribution in [1.82, 2.24) is 0 Å². The van der Waals surface area contributed by atoms with Crippen molar-refractivity contribution in [1.29, 1.82) is 0 Å². The van der Waals surface area contributed by atoms with Gasteiger partial charge in [-0.25, -0.2) is 0 Å². The largest absolute Gasteiger partial charge is 0.410 e. The van der Waals surface area contributed by atoms with Crippen LogP contribution in [0.15, 0.2) is 23.3 Å². The van der Waals surface area contributed by atoms with Crippen LogP contribution in [0.25, 0.3) is 0 Å². The fourth-order valence-electron chi connectivity index (χ4n) is 2.05. The Labute approximate surface area is 139 Å². The molecule has 1 N–H and O–H groups in total. The lowest BCUT2D eigenvalue weighted by molar-refractivity contribution is 0.0468. The first-order valence-corrected chi connectivity index (χ1v) is 11.4. The average Bonchev–Trinajstić information content (AvgIpc) is 2.39. The van der Waals surface area contributed by atoms with E-state index in [9.17, 15) is 5.11 Å². The third kappa shape index (κ3) is 6.39. The lowest BCUT2D eigenvalue weighted by Gasteiger charge is -2.42. The van der Waals surface area contributed by atoms with Crippen molar-refractivity contribution >= 4 is 8.32 Å². The summed E-state index contributed by atoms with van der Waals surface area (Å²) in [5, 5.41) is 10.7. The van der Waals surface area contributed by atoms with Gasteiger partial charge in [-0.05, 0) is 57.8 Å². The van der Waals surface area contributed by atoms with Gasteiger partial charge in [0.1, 0.15) is 0 Å². The van der Waals surface area contributed by atoms with Crippen LogP contribution < -0.4 is 0 Å². The van der Waals surface area contributed by atoms with Crippen molar-refractivity contribution in [2.45, 2.75) is 92.2 Å². The van der Waals surface area contributed by atoms with Gasteiger partial charge in [-0.1, -0.05) is 45.4 Å². The predicted octanol–water partition coefficient (Wildman–Crippen LogP) is 5.70. The normalized spacial score (nSPS) is 17.9. The Kier molecular flexibility index (Phi) is 8.32. The van der Waals surface area contributed by atoms with Crippen LogP contribution in [0.5, 0.6) is 0 Å². The SMILES string of the molecule is C/C=C(\C)[C@@H](O[Si](C)(C)C(C)(C)C)[C@@H](C)[C@@H](O)CC=C(C)C. The molecule has 0 saturated carbocycles. The van der Waals surface area contributed by atoms with Crippen LogP contribution in [-0.2, 0) is 4.43 Å². The van der Waals surface area contributed by atoms with Crippen molar-refractivity contribution in [2.24, 2.45) is 5.92 Å². The molecule has 0 amide bonds. The van der Waals surface area contributed by atoms with E-state index in [1.165, 1.54) is 11.1 Å². The number of hydrogen-bond donors (Lipinski definition) is 1. The number of aliphatic hydroxyl groups excluding tert-OH is 1. The number of rotatable bonds is 7. The fraction of sp³-hybridized carbons (Fsp3) is 0.789. The molecule has 2 nitrogen and oxygen atoms in total. The molecule has 0 aromatic rings. The Balaban J connectivity index is 5.27. The van der Waals surface area contributed by atoms with Crippen LogP contribution in [0.3, 0.4) is 0 Å². The van der Waals surface area contributed by atoms with Crippen LogP contribution >= 0.6 is 0 Å². The van der Waals surface area contributed by atoms with Crippen molar-refractivity contribution in [3.63, 3.8) is 0 Å². The van der Waals surface area contributed by atoms with E-state index in [0.29, 0.717) is 6.42 Å². The Bertz CT molecular complexity index is 398. The van der Waals surface area contributed by atoms with Crippen LogP contribution in [0, 0.1) is 5.92 Å². The highest BCUT2D eigenvalue weighted by atomic mass is 28.4. The molecule has 130 valence electrons. The first kappa shape index (κ1) is 21.6. The molecule has 0 rings (SSSR count). The maximum atomic E-state index is 10.5. The van der Waals surface area contributed by atoms with Gasteiger partial charge < -0.3 is 9.53 Å². The Morgan fingerprint density at radius 2 is 1.68 bits per heavy atom. The van der Waals surface area contributed by atoms with E-state index in [0.717, 1.165) is 0 Å². The number of aliphatic hydroxyl groups is 1. The molecule has 0 aromatic heterocycles. The van der Waals surface area contributed by atoms with Crippen molar-refractivity contribution in [2.75, 3.05) is 0 Å². The molecular formula is C19H38O2Si. The minimum absolute atomic E-state index is 0.00791. The lowest BCUT2D eigenvalue weighted by Crippen LogP contribution is -2.47. The fourth-order valence-corrected chi connectivity index (χ4v) is 3.44. The smallest absolute Gasteiger partial charge is 0.192 e. The van der Waals surface area contributed by atoms with E-state index in [2.05, 4.69) is 73.7 Å². The number of allylic oxidation sites excluding steroid dienone is 2. The van der Waals surface area contributed by atoms with Gasteiger partial charge in [-0.3, -0.25) is 0 Å². The van der Waals surface area contributed by atoms with Crippen molar-refractivity contribution < 1.29 is 9.53 Å². The third-order valence-corrected chi connectivity index (χ3v) is 9.44. The molecule has 3 heteroatoms. The van der Waals surface area contributed by atoms with Gasteiger partial charge in [0.2, 0.25) is 0 Å². The summed E-state index contributed by atoms with van der Waals surface area (Å²) >= 11 is 0. The second-order valence-corrected chi connectivity index (χ2v) is 13.0. The molecule has 0 spiro atoms. The molecule has 0 aliphatic rings. The monoisotopic (exact) mass is 326 g/mol. The lowest BCUT2D eigenvalue weighted by atomic mass is 9.91. The minimum Gasteiger partial charge on any atom is -0.410 e. The molecule has 0 bridgehead atoms. The summed E-state index contributed by atoms with van der Waals surface area (Å²) in [6, 6.07) is 0. The van der Waals surface area contributed by atoms with Gasteiger partial charge in [0, 0.05) is 5.92 Å². The van der Waals surface area contributed by atoms with Crippen LogP contribution in [0.1, 0.15) is 61.8 Å². The molecule has 22 heavy (non-hydrogen) atoms. The summed E-state index contributed by atoms with van der Waals surface area (Å²) in [5.41, 5.74) is 2.46. The van der Waals surface area contributed by atoms with E-state index in [-0.39, 0.29) is 23.2 Å². The van der Waals surface area contributed by atoms with Gasteiger partial charge in [0.25, 0.3) is 0 Å². The summed E-state index contributed by atoms with van der Waals surface area (Å²) in [6.45, 7) is 21.7. The van der Waals surface area contributed by atoms with Crippen molar-refractivity contribution in [3.05, 3.63) is 23.3 Å². The van der Waals surface area contributed by atoms with E-state index >= 15 is 0 Å².